The molecule has 0 saturated heterocycles. The van der Waals surface area contributed by atoms with Gasteiger partial charge in [0.25, 0.3) is 5.91 Å². The van der Waals surface area contributed by atoms with Crippen LogP contribution in [0.4, 0.5) is 0 Å². The molecule has 0 N–H and O–H groups in total. The maximum Gasteiger partial charge on any atom is 0.256 e. The van der Waals surface area contributed by atoms with Crippen LogP contribution in [0.25, 0.3) is 0 Å². The minimum absolute atomic E-state index is 0.335. The summed E-state index contributed by atoms with van der Waals surface area (Å²) in [6, 6.07) is 11.6. The van der Waals surface area contributed by atoms with Crippen molar-refractivity contribution in [1.82, 2.24) is 9.47 Å². The predicted octanol–water partition coefficient (Wildman–Crippen LogP) is 4.51. The molecule has 1 aromatic carbocycles. The van der Waals surface area contributed by atoms with E-state index in [0.717, 1.165) is 11.3 Å². The first-order chi connectivity index (χ1) is 11.0. The topological polar surface area (TPSA) is 25.2 Å². The number of nitrogens with zero attached hydrogens (tertiary/aromatic N) is 2. The van der Waals surface area contributed by atoms with Gasteiger partial charge in [-0.05, 0) is 23.8 Å². The fourth-order valence-corrected chi connectivity index (χ4v) is 2.75. The molecule has 23 heavy (non-hydrogen) atoms. The average Bonchev–Trinajstić information content (AvgIpc) is 2.95. The van der Waals surface area contributed by atoms with E-state index in [0.29, 0.717) is 24.7 Å². The Kier molecular flexibility index (Phi) is 6.58. The summed E-state index contributed by atoms with van der Waals surface area (Å²) in [7, 11) is 0. The highest BCUT2D eigenvalue weighted by Crippen LogP contribution is 2.18. The van der Waals surface area contributed by atoms with Crippen molar-refractivity contribution in [2.24, 2.45) is 0 Å². The summed E-state index contributed by atoms with van der Waals surface area (Å²) < 4.78 is 2.04. The first-order valence-corrected chi connectivity index (χ1v) is 8.33. The fourth-order valence-electron chi connectivity index (χ4n) is 2.28. The smallest absolute Gasteiger partial charge is 0.256 e. The molecule has 2 aromatic rings. The van der Waals surface area contributed by atoms with E-state index in [2.05, 4.69) is 6.58 Å². The van der Waals surface area contributed by atoms with Gasteiger partial charge in [-0.1, -0.05) is 59.1 Å². The van der Waals surface area contributed by atoms with E-state index < -0.39 is 4.84 Å². The van der Waals surface area contributed by atoms with Crippen molar-refractivity contribution < 1.29 is 4.79 Å². The van der Waals surface area contributed by atoms with Crippen molar-refractivity contribution in [1.29, 1.82) is 0 Å². The van der Waals surface area contributed by atoms with Crippen molar-refractivity contribution in [2.45, 2.75) is 17.9 Å². The molecule has 1 aromatic heterocycles. The fraction of sp³-hybridized carbons (Fsp3) is 0.235. The molecule has 0 spiro atoms. The Balaban J connectivity index is 2.18. The molecule has 0 aliphatic carbocycles. The van der Waals surface area contributed by atoms with E-state index in [1.54, 1.807) is 11.0 Å². The Bertz CT molecular complexity index is 682. The SMILES string of the molecule is C=CCN(Cc1cccn1Cc1ccccc1Cl)C(=O)C(Cl)Cl. The van der Waals surface area contributed by atoms with Crippen LogP contribution in [0.5, 0.6) is 0 Å². The number of aromatic nitrogens is 1. The molecule has 0 fully saturated rings. The van der Waals surface area contributed by atoms with Gasteiger partial charge in [0.1, 0.15) is 0 Å². The summed E-state index contributed by atoms with van der Waals surface area (Å²) in [6.45, 7) is 5.08. The Morgan fingerprint density at radius 3 is 2.65 bits per heavy atom. The maximum atomic E-state index is 12.1. The molecule has 0 radical (unpaired) electrons. The lowest BCUT2D eigenvalue weighted by atomic mass is 10.2. The highest BCUT2D eigenvalue weighted by Gasteiger charge is 2.20. The molecule has 6 heteroatoms. The number of benzene rings is 1. The summed E-state index contributed by atoms with van der Waals surface area (Å²) >= 11 is 17.6. The molecule has 0 aliphatic heterocycles. The van der Waals surface area contributed by atoms with Gasteiger partial charge in [0.15, 0.2) is 4.84 Å². The van der Waals surface area contributed by atoms with Crippen LogP contribution in [0.15, 0.2) is 55.3 Å². The number of amides is 1. The lowest BCUT2D eigenvalue weighted by Crippen LogP contribution is -2.35. The number of carbonyl (C=O) groups is 1. The zero-order valence-corrected chi connectivity index (χ0v) is 14.7. The third kappa shape index (κ3) is 4.77. The standard InChI is InChI=1S/C17H17Cl3N2O/c1-2-9-22(17(23)16(19)20)12-14-7-5-10-21(14)11-13-6-3-4-8-15(13)18/h2-8,10,16H,1,9,11-12H2. The molecule has 122 valence electrons. The molecular formula is C17H17Cl3N2O. The summed E-state index contributed by atoms with van der Waals surface area (Å²) in [5.74, 6) is -0.335. The van der Waals surface area contributed by atoms with Crippen LogP contribution in [0.2, 0.25) is 5.02 Å². The zero-order valence-electron chi connectivity index (χ0n) is 12.5. The summed E-state index contributed by atoms with van der Waals surface area (Å²) in [5, 5.41) is 0.716. The predicted molar refractivity (Wildman–Crippen MR) is 96.1 cm³/mol. The van der Waals surface area contributed by atoms with Crippen LogP contribution in [-0.4, -0.2) is 26.8 Å². The van der Waals surface area contributed by atoms with Gasteiger partial charge in [0.2, 0.25) is 0 Å². The minimum atomic E-state index is -1.08. The van der Waals surface area contributed by atoms with Crippen molar-refractivity contribution >= 4 is 40.7 Å². The van der Waals surface area contributed by atoms with Crippen LogP contribution in [0.3, 0.4) is 0 Å². The monoisotopic (exact) mass is 370 g/mol. The van der Waals surface area contributed by atoms with Gasteiger partial charge in [-0.25, -0.2) is 0 Å². The van der Waals surface area contributed by atoms with E-state index in [-0.39, 0.29) is 5.91 Å². The molecule has 0 atom stereocenters. The van der Waals surface area contributed by atoms with Gasteiger partial charge in [0.05, 0.1) is 6.54 Å². The number of carbonyl (C=O) groups excluding carboxylic acids is 1. The molecule has 0 saturated carbocycles. The van der Waals surface area contributed by atoms with Gasteiger partial charge in [-0.15, -0.1) is 6.58 Å². The summed E-state index contributed by atoms with van der Waals surface area (Å²) in [4.78, 5) is 12.6. The Hall–Kier alpha value is -1.42. The number of hydrogen-bond acceptors (Lipinski definition) is 1. The van der Waals surface area contributed by atoms with Crippen molar-refractivity contribution in [3.63, 3.8) is 0 Å². The molecule has 0 unspecified atom stereocenters. The number of alkyl halides is 2. The lowest BCUT2D eigenvalue weighted by molar-refractivity contribution is -0.129. The highest BCUT2D eigenvalue weighted by atomic mass is 35.5. The molecule has 3 nitrogen and oxygen atoms in total. The van der Waals surface area contributed by atoms with Crippen molar-refractivity contribution in [3.8, 4) is 0 Å². The molecule has 1 heterocycles. The van der Waals surface area contributed by atoms with Crippen LogP contribution >= 0.6 is 34.8 Å². The Morgan fingerprint density at radius 2 is 2.00 bits per heavy atom. The van der Waals surface area contributed by atoms with Crippen molar-refractivity contribution in [2.75, 3.05) is 6.54 Å². The van der Waals surface area contributed by atoms with E-state index in [4.69, 9.17) is 34.8 Å². The van der Waals surface area contributed by atoms with E-state index in [1.807, 2.05) is 47.2 Å². The first-order valence-electron chi connectivity index (χ1n) is 7.08. The summed E-state index contributed by atoms with van der Waals surface area (Å²) in [5.41, 5.74) is 1.98. The van der Waals surface area contributed by atoms with Crippen LogP contribution in [-0.2, 0) is 17.9 Å². The largest absolute Gasteiger partial charge is 0.345 e. The van der Waals surface area contributed by atoms with E-state index in [9.17, 15) is 4.79 Å². The van der Waals surface area contributed by atoms with Gasteiger partial charge in [-0.3, -0.25) is 4.79 Å². The molecule has 0 bridgehead atoms. The quantitative estimate of drug-likeness (QED) is 0.519. The van der Waals surface area contributed by atoms with Gasteiger partial charge in [-0.2, -0.15) is 0 Å². The normalized spacial score (nSPS) is 10.8. The third-order valence-corrected chi connectivity index (χ3v) is 4.16. The number of halogens is 3. The van der Waals surface area contributed by atoms with Crippen LogP contribution < -0.4 is 0 Å². The zero-order chi connectivity index (χ0) is 16.8. The molecule has 0 aliphatic rings. The second-order valence-corrected chi connectivity index (χ2v) is 6.53. The maximum absolute atomic E-state index is 12.1. The van der Waals surface area contributed by atoms with Gasteiger partial charge in [0, 0.05) is 30.0 Å². The van der Waals surface area contributed by atoms with E-state index in [1.165, 1.54) is 0 Å². The molecule has 2 rings (SSSR count). The third-order valence-electron chi connectivity index (χ3n) is 3.42. The van der Waals surface area contributed by atoms with Crippen LogP contribution in [0, 0.1) is 0 Å². The molecular weight excluding hydrogens is 355 g/mol. The number of hydrogen-bond donors (Lipinski definition) is 0. The summed E-state index contributed by atoms with van der Waals surface area (Å²) in [6.07, 6.45) is 3.60. The lowest BCUT2D eigenvalue weighted by Gasteiger charge is -2.22. The van der Waals surface area contributed by atoms with E-state index >= 15 is 0 Å². The highest BCUT2D eigenvalue weighted by molar-refractivity contribution is 6.53. The average molecular weight is 372 g/mol. The molecule has 1 amide bonds. The van der Waals surface area contributed by atoms with Gasteiger partial charge >= 0.3 is 0 Å². The second kappa shape index (κ2) is 8.44. The Labute approximate surface area is 151 Å². The second-order valence-electron chi connectivity index (χ2n) is 5.03. The Morgan fingerprint density at radius 1 is 1.26 bits per heavy atom. The van der Waals surface area contributed by atoms with Crippen molar-refractivity contribution in [3.05, 3.63) is 71.5 Å². The minimum Gasteiger partial charge on any atom is -0.345 e. The van der Waals surface area contributed by atoms with Gasteiger partial charge < -0.3 is 9.47 Å². The first kappa shape index (κ1) is 17.9. The number of rotatable bonds is 7. The van der Waals surface area contributed by atoms with Crippen LogP contribution in [0.1, 0.15) is 11.3 Å².